The lowest BCUT2D eigenvalue weighted by Gasteiger charge is -2.38. The normalized spacial score (nSPS) is 30.6. The standard InChI is InChI=1S/C13H27N/c1-4-7-13(14)12-9-6-5-8-11(12)10(2)3/h10-13H,4-9,14H2,1-3H3. The molecule has 3 atom stereocenters. The zero-order valence-corrected chi connectivity index (χ0v) is 10.1. The first-order valence-electron chi connectivity index (χ1n) is 6.42. The second-order valence-electron chi connectivity index (χ2n) is 5.31. The molecule has 0 saturated heterocycles. The number of hydrogen-bond acceptors (Lipinski definition) is 1. The molecule has 1 saturated carbocycles. The Morgan fingerprint density at radius 1 is 1.14 bits per heavy atom. The van der Waals surface area contributed by atoms with E-state index in [1.54, 1.807) is 0 Å². The summed E-state index contributed by atoms with van der Waals surface area (Å²) >= 11 is 0. The lowest BCUT2D eigenvalue weighted by Crippen LogP contribution is -2.38. The van der Waals surface area contributed by atoms with Crippen molar-refractivity contribution >= 4 is 0 Å². The molecule has 2 N–H and O–H groups in total. The predicted octanol–water partition coefficient (Wildman–Crippen LogP) is 3.58. The van der Waals surface area contributed by atoms with Gasteiger partial charge in [0.2, 0.25) is 0 Å². The molecule has 0 aromatic rings. The molecule has 1 aliphatic rings. The van der Waals surface area contributed by atoms with E-state index < -0.39 is 0 Å². The Labute approximate surface area is 89.5 Å². The molecule has 1 heteroatoms. The van der Waals surface area contributed by atoms with Crippen LogP contribution in [0.25, 0.3) is 0 Å². The molecular weight excluding hydrogens is 170 g/mol. The molecule has 0 aromatic carbocycles. The average molecular weight is 197 g/mol. The maximum absolute atomic E-state index is 6.29. The fourth-order valence-corrected chi connectivity index (χ4v) is 3.09. The van der Waals surface area contributed by atoms with Gasteiger partial charge in [-0.25, -0.2) is 0 Å². The summed E-state index contributed by atoms with van der Waals surface area (Å²) in [7, 11) is 0. The molecule has 0 amide bonds. The third-order valence-corrected chi connectivity index (χ3v) is 3.90. The zero-order valence-electron chi connectivity index (χ0n) is 10.1. The minimum Gasteiger partial charge on any atom is -0.327 e. The molecule has 0 bridgehead atoms. The Morgan fingerprint density at radius 3 is 2.21 bits per heavy atom. The van der Waals surface area contributed by atoms with Crippen molar-refractivity contribution in [2.24, 2.45) is 23.5 Å². The molecular formula is C13H27N. The Kier molecular flexibility index (Phi) is 4.94. The Balaban J connectivity index is 2.53. The van der Waals surface area contributed by atoms with E-state index in [9.17, 15) is 0 Å². The summed E-state index contributed by atoms with van der Waals surface area (Å²) in [6, 6.07) is 0.465. The number of hydrogen-bond donors (Lipinski definition) is 1. The fraction of sp³-hybridized carbons (Fsp3) is 1.00. The van der Waals surface area contributed by atoms with Crippen LogP contribution in [-0.4, -0.2) is 6.04 Å². The molecule has 84 valence electrons. The van der Waals surface area contributed by atoms with Crippen molar-refractivity contribution in [1.82, 2.24) is 0 Å². The summed E-state index contributed by atoms with van der Waals surface area (Å²) in [5.41, 5.74) is 6.29. The number of rotatable bonds is 4. The zero-order chi connectivity index (χ0) is 10.6. The maximum atomic E-state index is 6.29. The summed E-state index contributed by atoms with van der Waals surface area (Å²) in [5, 5.41) is 0. The van der Waals surface area contributed by atoms with Crippen LogP contribution in [-0.2, 0) is 0 Å². The molecule has 1 rings (SSSR count). The second kappa shape index (κ2) is 5.75. The van der Waals surface area contributed by atoms with Crippen molar-refractivity contribution < 1.29 is 0 Å². The van der Waals surface area contributed by atoms with Crippen molar-refractivity contribution in [3.63, 3.8) is 0 Å². The van der Waals surface area contributed by atoms with Gasteiger partial charge in [-0.2, -0.15) is 0 Å². The van der Waals surface area contributed by atoms with E-state index in [-0.39, 0.29) is 0 Å². The van der Waals surface area contributed by atoms with Crippen LogP contribution in [0.1, 0.15) is 59.3 Å². The molecule has 1 fully saturated rings. The topological polar surface area (TPSA) is 26.0 Å². The first-order chi connectivity index (χ1) is 6.66. The molecule has 0 spiro atoms. The van der Waals surface area contributed by atoms with Gasteiger partial charge in [-0.15, -0.1) is 0 Å². The van der Waals surface area contributed by atoms with Crippen LogP contribution in [0.5, 0.6) is 0 Å². The second-order valence-corrected chi connectivity index (χ2v) is 5.31. The van der Waals surface area contributed by atoms with Crippen molar-refractivity contribution in [3.8, 4) is 0 Å². The van der Waals surface area contributed by atoms with Crippen LogP contribution < -0.4 is 5.73 Å². The van der Waals surface area contributed by atoms with Gasteiger partial charge in [0.15, 0.2) is 0 Å². The van der Waals surface area contributed by atoms with Gasteiger partial charge in [0, 0.05) is 6.04 Å². The van der Waals surface area contributed by atoms with Crippen molar-refractivity contribution in [2.75, 3.05) is 0 Å². The smallest absolute Gasteiger partial charge is 0.00698 e. The van der Waals surface area contributed by atoms with Gasteiger partial charge < -0.3 is 5.73 Å². The first-order valence-corrected chi connectivity index (χ1v) is 6.42. The van der Waals surface area contributed by atoms with E-state index in [1.165, 1.54) is 38.5 Å². The summed E-state index contributed by atoms with van der Waals surface area (Å²) in [5.74, 6) is 2.53. The van der Waals surface area contributed by atoms with E-state index in [2.05, 4.69) is 20.8 Å². The van der Waals surface area contributed by atoms with Gasteiger partial charge in [-0.3, -0.25) is 0 Å². The minimum atomic E-state index is 0.465. The van der Waals surface area contributed by atoms with Crippen molar-refractivity contribution in [2.45, 2.75) is 65.3 Å². The molecule has 1 nitrogen and oxygen atoms in total. The van der Waals surface area contributed by atoms with E-state index in [4.69, 9.17) is 5.73 Å². The van der Waals surface area contributed by atoms with E-state index in [1.807, 2.05) is 0 Å². The van der Waals surface area contributed by atoms with Crippen molar-refractivity contribution in [1.29, 1.82) is 0 Å². The van der Waals surface area contributed by atoms with Crippen LogP contribution in [0, 0.1) is 17.8 Å². The lowest BCUT2D eigenvalue weighted by molar-refractivity contribution is 0.149. The van der Waals surface area contributed by atoms with Gasteiger partial charge in [-0.1, -0.05) is 40.0 Å². The Hall–Kier alpha value is -0.0400. The monoisotopic (exact) mass is 197 g/mol. The highest BCUT2D eigenvalue weighted by Crippen LogP contribution is 2.37. The summed E-state index contributed by atoms with van der Waals surface area (Å²) in [4.78, 5) is 0. The predicted molar refractivity (Wildman–Crippen MR) is 63.2 cm³/mol. The van der Waals surface area contributed by atoms with E-state index >= 15 is 0 Å². The van der Waals surface area contributed by atoms with Crippen LogP contribution in [0.3, 0.4) is 0 Å². The maximum Gasteiger partial charge on any atom is 0.00698 e. The fourth-order valence-electron chi connectivity index (χ4n) is 3.09. The van der Waals surface area contributed by atoms with Gasteiger partial charge >= 0.3 is 0 Å². The van der Waals surface area contributed by atoms with Crippen LogP contribution in [0.4, 0.5) is 0 Å². The van der Waals surface area contributed by atoms with Crippen molar-refractivity contribution in [3.05, 3.63) is 0 Å². The number of nitrogens with two attached hydrogens (primary N) is 1. The molecule has 3 unspecified atom stereocenters. The van der Waals surface area contributed by atoms with E-state index in [0.717, 1.165) is 17.8 Å². The lowest BCUT2D eigenvalue weighted by atomic mass is 9.70. The molecule has 0 heterocycles. The Morgan fingerprint density at radius 2 is 1.71 bits per heavy atom. The quantitative estimate of drug-likeness (QED) is 0.732. The summed E-state index contributed by atoms with van der Waals surface area (Å²) in [6.45, 7) is 6.97. The van der Waals surface area contributed by atoms with Crippen LogP contribution in [0.2, 0.25) is 0 Å². The van der Waals surface area contributed by atoms with Crippen LogP contribution >= 0.6 is 0 Å². The van der Waals surface area contributed by atoms with Gasteiger partial charge in [0.05, 0.1) is 0 Å². The molecule has 1 aliphatic carbocycles. The highest BCUT2D eigenvalue weighted by atomic mass is 14.7. The minimum absolute atomic E-state index is 0.465. The largest absolute Gasteiger partial charge is 0.327 e. The molecule has 14 heavy (non-hydrogen) atoms. The van der Waals surface area contributed by atoms with Gasteiger partial charge in [0.1, 0.15) is 0 Å². The summed E-state index contributed by atoms with van der Waals surface area (Å²) in [6.07, 6.45) is 8.09. The SMILES string of the molecule is CCCC(N)C1CCCCC1C(C)C. The summed E-state index contributed by atoms with van der Waals surface area (Å²) < 4.78 is 0. The highest BCUT2D eigenvalue weighted by Gasteiger charge is 2.30. The third-order valence-electron chi connectivity index (χ3n) is 3.90. The Bertz CT molecular complexity index is 153. The molecule has 0 aromatic heterocycles. The average Bonchev–Trinajstić information content (AvgIpc) is 2.18. The first kappa shape index (κ1) is 12.0. The van der Waals surface area contributed by atoms with Gasteiger partial charge in [-0.05, 0) is 37.0 Å². The van der Waals surface area contributed by atoms with Gasteiger partial charge in [0.25, 0.3) is 0 Å². The molecule has 0 aliphatic heterocycles. The molecule has 0 radical (unpaired) electrons. The third kappa shape index (κ3) is 2.98. The highest BCUT2D eigenvalue weighted by molar-refractivity contribution is 4.84. The van der Waals surface area contributed by atoms with Crippen LogP contribution in [0.15, 0.2) is 0 Å². The van der Waals surface area contributed by atoms with E-state index in [0.29, 0.717) is 6.04 Å².